The minimum atomic E-state index is 0.716. The molecule has 4 aliphatic rings. The highest BCUT2D eigenvalue weighted by molar-refractivity contribution is 7.80. The van der Waals surface area contributed by atoms with Crippen molar-refractivity contribution in [3.63, 3.8) is 0 Å². The van der Waals surface area contributed by atoms with Crippen molar-refractivity contribution in [3.8, 4) is 0 Å². The zero-order valence-electron chi connectivity index (χ0n) is 11.2. The number of piperidine rings is 4. The lowest BCUT2D eigenvalue weighted by molar-refractivity contribution is -0.00787. The maximum absolute atomic E-state index is 5.88. The molecule has 0 unspecified atom stereocenters. The molecule has 0 aliphatic carbocycles. The highest BCUT2D eigenvalue weighted by Crippen LogP contribution is 2.43. The number of hydrogen-bond donors (Lipinski definition) is 0. The van der Waals surface area contributed by atoms with Crippen molar-refractivity contribution >= 4 is 17.2 Å². The van der Waals surface area contributed by atoms with Gasteiger partial charge in [-0.25, -0.2) is 0 Å². The minimum Gasteiger partial charge on any atom is -0.363 e. The van der Waals surface area contributed by atoms with Crippen LogP contribution >= 0.6 is 12.2 Å². The summed E-state index contributed by atoms with van der Waals surface area (Å²) >= 11 is 5.88. The zero-order chi connectivity index (χ0) is 12.1. The fraction of sp³-hybridized carbons (Fsp3) is 0.933. The van der Waals surface area contributed by atoms with Gasteiger partial charge in [0.05, 0.1) is 4.99 Å². The second-order valence-electron chi connectivity index (χ2n) is 6.76. The summed E-state index contributed by atoms with van der Waals surface area (Å²) in [7, 11) is 0. The normalized spacial score (nSPS) is 44.4. The Balaban J connectivity index is 1.63. The van der Waals surface area contributed by atoms with Crippen LogP contribution in [-0.2, 0) is 0 Å². The van der Waals surface area contributed by atoms with Crippen LogP contribution in [0.1, 0.15) is 44.9 Å². The summed E-state index contributed by atoms with van der Waals surface area (Å²) in [5, 5.41) is 0. The highest BCUT2D eigenvalue weighted by Gasteiger charge is 2.48. The van der Waals surface area contributed by atoms with Crippen molar-refractivity contribution in [3.05, 3.63) is 0 Å². The number of fused-ring (bicyclic) bond motifs is 6. The first-order chi connectivity index (χ1) is 8.84. The lowest BCUT2D eigenvalue weighted by atomic mass is 9.71. The van der Waals surface area contributed by atoms with Crippen LogP contribution in [0.25, 0.3) is 0 Å². The first-order valence-corrected chi connectivity index (χ1v) is 8.30. The first kappa shape index (κ1) is 11.7. The Morgan fingerprint density at radius 3 is 2.61 bits per heavy atom. The van der Waals surface area contributed by atoms with Gasteiger partial charge < -0.3 is 4.90 Å². The van der Waals surface area contributed by atoms with Crippen LogP contribution in [0, 0.1) is 11.8 Å². The molecule has 4 saturated heterocycles. The molecule has 18 heavy (non-hydrogen) atoms. The summed E-state index contributed by atoms with van der Waals surface area (Å²) in [5.41, 5.74) is 0. The molecule has 4 rings (SSSR count). The quantitative estimate of drug-likeness (QED) is 0.621. The van der Waals surface area contributed by atoms with Crippen molar-refractivity contribution in [2.45, 2.75) is 57.0 Å². The molecule has 0 aromatic rings. The Morgan fingerprint density at radius 2 is 1.72 bits per heavy atom. The Labute approximate surface area is 116 Å². The summed E-state index contributed by atoms with van der Waals surface area (Å²) < 4.78 is 0. The van der Waals surface area contributed by atoms with Gasteiger partial charge in [-0.2, -0.15) is 0 Å². The van der Waals surface area contributed by atoms with Crippen LogP contribution in [0.5, 0.6) is 0 Å². The summed E-state index contributed by atoms with van der Waals surface area (Å²) in [5.74, 6) is 1.63. The van der Waals surface area contributed by atoms with E-state index in [2.05, 4.69) is 9.80 Å². The molecule has 4 heterocycles. The third-order valence-corrected chi connectivity index (χ3v) is 6.39. The predicted octanol–water partition coefficient (Wildman–Crippen LogP) is 2.67. The van der Waals surface area contributed by atoms with E-state index in [0.29, 0.717) is 5.92 Å². The van der Waals surface area contributed by atoms with Gasteiger partial charge in [-0.1, -0.05) is 18.6 Å². The standard InChI is InChI=1S/C15H24N2S/c18-15-12-9-11(13-5-2-4-8-17(13)15)10-16-7-3-1-6-14(12)16/h11-14H,1-10H2/t11-,12+,13-,14+/m0/s1. The van der Waals surface area contributed by atoms with Crippen molar-refractivity contribution in [2.24, 2.45) is 11.8 Å². The fourth-order valence-electron chi connectivity index (χ4n) is 5.04. The molecule has 0 saturated carbocycles. The molecule has 0 amide bonds. The van der Waals surface area contributed by atoms with Gasteiger partial charge >= 0.3 is 0 Å². The zero-order valence-corrected chi connectivity index (χ0v) is 12.0. The molecule has 2 nitrogen and oxygen atoms in total. The predicted molar refractivity (Wildman–Crippen MR) is 77.8 cm³/mol. The monoisotopic (exact) mass is 264 g/mol. The molecule has 2 bridgehead atoms. The topological polar surface area (TPSA) is 6.48 Å². The molecule has 100 valence electrons. The Hall–Kier alpha value is -0.150. The van der Waals surface area contributed by atoms with Crippen LogP contribution in [-0.4, -0.2) is 46.5 Å². The van der Waals surface area contributed by atoms with E-state index in [1.54, 1.807) is 0 Å². The van der Waals surface area contributed by atoms with Crippen LogP contribution in [0.2, 0.25) is 0 Å². The molecule has 0 spiro atoms. The third kappa shape index (κ3) is 1.66. The van der Waals surface area contributed by atoms with E-state index in [9.17, 15) is 0 Å². The third-order valence-electron chi connectivity index (χ3n) is 5.85. The van der Waals surface area contributed by atoms with Crippen molar-refractivity contribution in [1.82, 2.24) is 9.80 Å². The van der Waals surface area contributed by atoms with Crippen molar-refractivity contribution in [1.29, 1.82) is 0 Å². The van der Waals surface area contributed by atoms with E-state index in [4.69, 9.17) is 12.2 Å². The SMILES string of the molecule is S=C1[C@@H]2C[C@@H](CN3CCCC[C@H]23)[C@@H]2CCCCN12. The molecular weight excluding hydrogens is 240 g/mol. The van der Waals surface area contributed by atoms with E-state index < -0.39 is 0 Å². The van der Waals surface area contributed by atoms with Gasteiger partial charge in [-0.15, -0.1) is 0 Å². The Kier molecular flexibility index (Phi) is 2.88. The number of hydrogen-bond acceptors (Lipinski definition) is 2. The lowest BCUT2D eigenvalue weighted by Gasteiger charge is -2.57. The molecule has 3 heteroatoms. The molecular formula is C15H24N2S. The average molecular weight is 264 g/mol. The highest BCUT2D eigenvalue weighted by atomic mass is 32.1. The van der Waals surface area contributed by atoms with E-state index in [0.717, 1.165) is 18.0 Å². The molecule has 4 aliphatic heterocycles. The van der Waals surface area contributed by atoms with Gasteiger partial charge in [0.25, 0.3) is 0 Å². The minimum absolute atomic E-state index is 0.716. The molecule has 0 radical (unpaired) electrons. The summed E-state index contributed by atoms with van der Waals surface area (Å²) in [4.78, 5) is 6.78. The van der Waals surface area contributed by atoms with Crippen LogP contribution in [0.3, 0.4) is 0 Å². The van der Waals surface area contributed by atoms with Crippen LogP contribution in [0.4, 0.5) is 0 Å². The second kappa shape index (κ2) is 4.45. The van der Waals surface area contributed by atoms with E-state index >= 15 is 0 Å². The van der Waals surface area contributed by atoms with E-state index in [1.807, 2.05) is 0 Å². The molecule has 0 aromatic heterocycles. The molecule has 4 atom stereocenters. The number of rotatable bonds is 0. The Morgan fingerprint density at radius 1 is 0.944 bits per heavy atom. The van der Waals surface area contributed by atoms with Gasteiger partial charge in [0.1, 0.15) is 0 Å². The number of thiocarbonyl (C=S) groups is 1. The molecule has 4 fully saturated rings. The second-order valence-corrected chi connectivity index (χ2v) is 7.17. The Bertz CT molecular complexity index is 354. The van der Waals surface area contributed by atoms with E-state index in [1.165, 1.54) is 69.6 Å². The van der Waals surface area contributed by atoms with Crippen molar-refractivity contribution in [2.75, 3.05) is 19.6 Å². The van der Waals surface area contributed by atoms with Crippen LogP contribution < -0.4 is 0 Å². The number of nitrogens with zero attached hydrogens (tertiary/aromatic N) is 2. The van der Waals surface area contributed by atoms with Gasteiger partial charge in [-0.05, 0) is 51.0 Å². The fourth-order valence-corrected chi connectivity index (χ4v) is 5.52. The van der Waals surface area contributed by atoms with Crippen LogP contribution in [0.15, 0.2) is 0 Å². The maximum Gasteiger partial charge on any atom is 0.0829 e. The smallest absolute Gasteiger partial charge is 0.0829 e. The summed E-state index contributed by atoms with van der Waals surface area (Å²) in [6.45, 7) is 3.96. The largest absolute Gasteiger partial charge is 0.363 e. The van der Waals surface area contributed by atoms with Gasteiger partial charge in [0.15, 0.2) is 0 Å². The first-order valence-electron chi connectivity index (χ1n) is 7.89. The lowest BCUT2D eigenvalue weighted by Crippen LogP contribution is -2.65. The molecule has 0 N–H and O–H groups in total. The summed E-state index contributed by atoms with van der Waals surface area (Å²) in [6.07, 6.45) is 9.83. The van der Waals surface area contributed by atoms with E-state index in [-0.39, 0.29) is 0 Å². The molecule has 0 aromatic carbocycles. The summed E-state index contributed by atoms with van der Waals surface area (Å²) in [6, 6.07) is 1.59. The van der Waals surface area contributed by atoms with Crippen molar-refractivity contribution < 1.29 is 0 Å². The van der Waals surface area contributed by atoms with Gasteiger partial charge in [-0.3, -0.25) is 4.90 Å². The van der Waals surface area contributed by atoms with Gasteiger partial charge in [0.2, 0.25) is 0 Å². The average Bonchev–Trinajstić information content (AvgIpc) is 2.44. The van der Waals surface area contributed by atoms with Gasteiger partial charge in [0, 0.05) is 31.1 Å². The maximum atomic E-state index is 5.88.